The van der Waals surface area contributed by atoms with Gasteiger partial charge in [0.15, 0.2) is 5.69 Å². The summed E-state index contributed by atoms with van der Waals surface area (Å²) in [5.41, 5.74) is 1.84. The zero-order valence-corrected chi connectivity index (χ0v) is 16.6. The highest BCUT2D eigenvalue weighted by molar-refractivity contribution is 5.96. The van der Waals surface area contributed by atoms with E-state index in [1.54, 1.807) is 30.0 Å². The second-order valence-corrected chi connectivity index (χ2v) is 7.78. The Hall–Kier alpha value is -2.87. The molecule has 1 N–H and O–H groups in total. The van der Waals surface area contributed by atoms with Crippen molar-refractivity contribution in [1.82, 2.24) is 25.3 Å². The molecule has 2 aliphatic rings. The summed E-state index contributed by atoms with van der Waals surface area (Å²) in [4.78, 5) is 28.9. The van der Waals surface area contributed by atoms with E-state index in [2.05, 4.69) is 20.4 Å². The van der Waals surface area contributed by atoms with Gasteiger partial charge in [-0.3, -0.25) is 9.59 Å². The Morgan fingerprint density at radius 3 is 2.45 bits per heavy atom. The first-order chi connectivity index (χ1) is 13.9. The molecule has 8 heteroatoms. The fraction of sp³-hybridized carbons (Fsp3) is 0.429. The van der Waals surface area contributed by atoms with Crippen LogP contribution in [0.25, 0.3) is 11.3 Å². The predicted octanol–water partition coefficient (Wildman–Crippen LogP) is 1.87. The third-order valence-corrected chi connectivity index (χ3v) is 5.47. The molecule has 0 unspecified atom stereocenters. The van der Waals surface area contributed by atoms with Gasteiger partial charge in [0.25, 0.3) is 11.8 Å². The summed E-state index contributed by atoms with van der Waals surface area (Å²) in [5, 5.41) is 11.1. The highest BCUT2D eigenvalue weighted by Gasteiger charge is 2.25. The molecule has 2 heterocycles. The van der Waals surface area contributed by atoms with Crippen LogP contribution in [0.4, 0.5) is 4.39 Å². The van der Waals surface area contributed by atoms with Gasteiger partial charge in [0.1, 0.15) is 5.82 Å². The van der Waals surface area contributed by atoms with Gasteiger partial charge in [-0.1, -0.05) is 0 Å². The molecule has 0 bridgehead atoms. The Kier molecular flexibility index (Phi) is 5.27. The molecule has 1 saturated carbocycles. The van der Waals surface area contributed by atoms with Gasteiger partial charge in [-0.25, -0.2) is 4.39 Å². The number of piperazine rings is 1. The van der Waals surface area contributed by atoms with Crippen molar-refractivity contribution >= 4 is 11.8 Å². The smallest absolute Gasteiger partial charge is 0.274 e. The molecule has 0 atom stereocenters. The fourth-order valence-corrected chi connectivity index (χ4v) is 3.33. The van der Waals surface area contributed by atoms with E-state index in [9.17, 15) is 14.0 Å². The van der Waals surface area contributed by atoms with Crippen molar-refractivity contribution in [2.75, 3.05) is 33.2 Å². The van der Waals surface area contributed by atoms with Crippen LogP contribution in [-0.4, -0.2) is 71.1 Å². The van der Waals surface area contributed by atoms with E-state index in [1.165, 1.54) is 6.07 Å². The number of halogens is 1. The quantitative estimate of drug-likeness (QED) is 0.852. The zero-order valence-electron chi connectivity index (χ0n) is 16.6. The number of benzene rings is 1. The third kappa shape index (κ3) is 4.27. The van der Waals surface area contributed by atoms with E-state index in [0.717, 1.165) is 25.9 Å². The maximum absolute atomic E-state index is 14.4. The first kappa shape index (κ1) is 19.4. The maximum atomic E-state index is 14.4. The zero-order chi connectivity index (χ0) is 20.5. The van der Waals surface area contributed by atoms with Crippen LogP contribution in [0.2, 0.25) is 0 Å². The van der Waals surface area contributed by atoms with Crippen LogP contribution < -0.4 is 5.32 Å². The third-order valence-electron chi connectivity index (χ3n) is 5.47. The molecule has 7 nitrogen and oxygen atoms in total. The van der Waals surface area contributed by atoms with Crippen molar-refractivity contribution in [3.05, 3.63) is 46.9 Å². The number of hydrogen-bond acceptors (Lipinski definition) is 5. The summed E-state index contributed by atoms with van der Waals surface area (Å²) in [7, 11) is 2.02. The number of carbonyl (C=O) groups excluding carboxylic acids is 2. The fourth-order valence-electron chi connectivity index (χ4n) is 3.33. The maximum Gasteiger partial charge on any atom is 0.274 e. The lowest BCUT2D eigenvalue weighted by molar-refractivity contribution is 0.0657. The number of amides is 2. The Morgan fingerprint density at radius 1 is 1.10 bits per heavy atom. The molecule has 2 fully saturated rings. The normalized spacial score (nSPS) is 17.3. The molecular formula is C21H24FN5O2. The summed E-state index contributed by atoms with van der Waals surface area (Å²) in [6.07, 6.45) is 1.92. The van der Waals surface area contributed by atoms with E-state index in [1.807, 2.05) is 7.05 Å². The number of likely N-dealkylation sites (N-methyl/N-ethyl adjacent to an activating group) is 1. The topological polar surface area (TPSA) is 78.4 Å². The lowest BCUT2D eigenvalue weighted by atomic mass is 10.0. The summed E-state index contributed by atoms with van der Waals surface area (Å²) in [6.45, 7) is 4.59. The molecule has 1 aromatic carbocycles. The van der Waals surface area contributed by atoms with Gasteiger partial charge in [-0.2, -0.15) is 0 Å². The van der Waals surface area contributed by atoms with Crippen molar-refractivity contribution < 1.29 is 14.0 Å². The average molecular weight is 397 g/mol. The molecule has 152 valence electrons. The summed E-state index contributed by atoms with van der Waals surface area (Å²) >= 11 is 0. The van der Waals surface area contributed by atoms with Crippen LogP contribution in [0.5, 0.6) is 0 Å². The van der Waals surface area contributed by atoms with Crippen LogP contribution in [0, 0.1) is 12.7 Å². The summed E-state index contributed by atoms with van der Waals surface area (Å²) in [6, 6.07) is 6.32. The molecule has 2 aromatic rings. The first-order valence-corrected chi connectivity index (χ1v) is 9.85. The molecule has 29 heavy (non-hydrogen) atoms. The number of aromatic nitrogens is 2. The number of carbonyl (C=O) groups is 2. The summed E-state index contributed by atoms with van der Waals surface area (Å²) < 4.78 is 14.4. The number of nitrogens with one attached hydrogen (secondary N) is 1. The Balaban J connectivity index is 1.56. The highest BCUT2D eigenvalue weighted by atomic mass is 19.1. The van der Waals surface area contributed by atoms with Crippen LogP contribution in [0.1, 0.15) is 39.3 Å². The monoisotopic (exact) mass is 397 g/mol. The molecular weight excluding hydrogens is 373 g/mol. The van der Waals surface area contributed by atoms with Gasteiger partial charge in [0.05, 0.1) is 5.69 Å². The van der Waals surface area contributed by atoms with Gasteiger partial charge >= 0.3 is 0 Å². The van der Waals surface area contributed by atoms with Crippen LogP contribution in [0.15, 0.2) is 24.3 Å². The van der Waals surface area contributed by atoms with E-state index < -0.39 is 5.82 Å². The van der Waals surface area contributed by atoms with E-state index >= 15 is 0 Å². The van der Waals surface area contributed by atoms with Crippen molar-refractivity contribution in [2.24, 2.45) is 0 Å². The first-order valence-electron chi connectivity index (χ1n) is 9.85. The van der Waals surface area contributed by atoms with Crippen molar-refractivity contribution in [2.45, 2.75) is 25.8 Å². The predicted molar refractivity (Wildman–Crippen MR) is 106 cm³/mol. The molecule has 2 amide bonds. The molecule has 0 spiro atoms. The second kappa shape index (κ2) is 7.87. The molecule has 1 aromatic heterocycles. The summed E-state index contributed by atoms with van der Waals surface area (Å²) in [5.74, 6) is -0.914. The van der Waals surface area contributed by atoms with Gasteiger partial charge in [0, 0.05) is 43.3 Å². The highest BCUT2D eigenvalue weighted by Crippen LogP contribution is 2.26. The van der Waals surface area contributed by atoms with Gasteiger partial charge in [-0.05, 0) is 56.6 Å². The van der Waals surface area contributed by atoms with Crippen LogP contribution in [-0.2, 0) is 0 Å². The molecule has 0 radical (unpaired) electrons. The van der Waals surface area contributed by atoms with E-state index in [0.29, 0.717) is 29.9 Å². The number of nitrogens with zero attached hydrogens (tertiary/aromatic N) is 4. The van der Waals surface area contributed by atoms with Crippen LogP contribution in [0.3, 0.4) is 0 Å². The lowest BCUT2D eigenvalue weighted by Gasteiger charge is -2.32. The Bertz CT molecular complexity index is 935. The van der Waals surface area contributed by atoms with Crippen LogP contribution >= 0.6 is 0 Å². The lowest BCUT2D eigenvalue weighted by Crippen LogP contribution is -2.47. The van der Waals surface area contributed by atoms with Crippen molar-refractivity contribution in [3.8, 4) is 11.3 Å². The second-order valence-electron chi connectivity index (χ2n) is 7.78. The van der Waals surface area contributed by atoms with E-state index in [4.69, 9.17) is 0 Å². The Morgan fingerprint density at radius 2 is 1.83 bits per heavy atom. The minimum atomic E-state index is -0.470. The SMILES string of the molecule is Cc1c(F)cc(C(=O)NC2CC2)cc1-c1ccc(C(=O)N2CCN(C)CC2)nn1. The largest absolute Gasteiger partial charge is 0.349 e. The standard InChI is InChI=1S/C21H24FN5O2/c1-13-16(11-14(12-17(13)22)20(28)23-15-3-4-15)18-5-6-19(25-24-18)21(29)27-9-7-26(2)8-10-27/h5-6,11-12,15H,3-4,7-10H2,1-2H3,(H,23,28). The Labute approximate surface area is 168 Å². The van der Waals surface area contributed by atoms with Gasteiger partial charge < -0.3 is 15.1 Å². The van der Waals surface area contributed by atoms with E-state index in [-0.39, 0.29) is 29.1 Å². The van der Waals surface area contributed by atoms with Gasteiger partial charge in [-0.15, -0.1) is 10.2 Å². The number of rotatable bonds is 4. The molecule has 1 aliphatic carbocycles. The minimum Gasteiger partial charge on any atom is -0.349 e. The minimum absolute atomic E-state index is 0.155. The van der Waals surface area contributed by atoms with Crippen molar-refractivity contribution in [3.63, 3.8) is 0 Å². The van der Waals surface area contributed by atoms with Gasteiger partial charge in [0.2, 0.25) is 0 Å². The molecule has 4 rings (SSSR count). The number of hydrogen-bond donors (Lipinski definition) is 1. The average Bonchev–Trinajstić information content (AvgIpc) is 3.54. The molecule has 1 aliphatic heterocycles. The molecule has 1 saturated heterocycles. The van der Waals surface area contributed by atoms with Crippen molar-refractivity contribution in [1.29, 1.82) is 0 Å².